The molecule has 0 bridgehead atoms. The van der Waals surface area contributed by atoms with Gasteiger partial charge in [-0.1, -0.05) is 27.7 Å². The molecule has 0 radical (unpaired) electrons. The molecule has 0 saturated carbocycles. The summed E-state index contributed by atoms with van der Waals surface area (Å²) >= 11 is 0. The number of ether oxygens (including phenoxy) is 1. The summed E-state index contributed by atoms with van der Waals surface area (Å²) in [4.78, 5) is 23.2. The van der Waals surface area contributed by atoms with Crippen molar-refractivity contribution in [2.75, 3.05) is 7.11 Å². The van der Waals surface area contributed by atoms with Crippen molar-refractivity contribution in [3.05, 3.63) is 0 Å². The first-order chi connectivity index (χ1) is 7.79. The Morgan fingerprint density at radius 3 is 2.12 bits per heavy atom. The molecule has 100 valence electrons. The Hall–Kier alpha value is -1.10. The molecule has 0 heterocycles. The standard InChI is InChI=1S/C12H24N2O3/c1-7(2)6-9(13)11(15)14-10(8(3)4)12(16)17-5/h7-10H,6,13H2,1-5H3,(H,14,15)/t9-,10+/m0/s1. The van der Waals surface area contributed by atoms with Gasteiger partial charge >= 0.3 is 5.97 Å². The summed E-state index contributed by atoms with van der Waals surface area (Å²) < 4.78 is 4.64. The van der Waals surface area contributed by atoms with Crippen LogP contribution in [0, 0.1) is 11.8 Å². The molecule has 2 atom stereocenters. The van der Waals surface area contributed by atoms with Gasteiger partial charge in [0.15, 0.2) is 0 Å². The third-order valence-corrected chi connectivity index (χ3v) is 2.48. The molecule has 0 spiro atoms. The topological polar surface area (TPSA) is 81.4 Å². The minimum Gasteiger partial charge on any atom is -0.467 e. The lowest BCUT2D eigenvalue weighted by molar-refractivity contribution is -0.146. The highest BCUT2D eigenvalue weighted by Gasteiger charge is 2.27. The van der Waals surface area contributed by atoms with Gasteiger partial charge in [-0.3, -0.25) is 4.79 Å². The number of nitrogens with two attached hydrogens (primary N) is 1. The normalized spacial score (nSPS) is 14.6. The molecule has 5 nitrogen and oxygen atoms in total. The van der Waals surface area contributed by atoms with Gasteiger partial charge in [-0.15, -0.1) is 0 Å². The van der Waals surface area contributed by atoms with Gasteiger partial charge in [-0.25, -0.2) is 4.79 Å². The molecule has 0 aliphatic heterocycles. The molecule has 0 aromatic rings. The van der Waals surface area contributed by atoms with Crippen molar-refractivity contribution in [2.45, 2.75) is 46.2 Å². The van der Waals surface area contributed by atoms with Crippen molar-refractivity contribution >= 4 is 11.9 Å². The summed E-state index contributed by atoms with van der Waals surface area (Å²) in [5, 5.41) is 2.63. The lowest BCUT2D eigenvalue weighted by Gasteiger charge is -2.22. The van der Waals surface area contributed by atoms with Gasteiger partial charge in [0.25, 0.3) is 0 Å². The first-order valence-corrected chi connectivity index (χ1v) is 5.93. The summed E-state index contributed by atoms with van der Waals surface area (Å²) in [6, 6.07) is -1.22. The maximum atomic E-state index is 11.8. The first-order valence-electron chi connectivity index (χ1n) is 5.93. The highest BCUT2D eigenvalue weighted by atomic mass is 16.5. The Labute approximate surface area is 103 Å². The lowest BCUT2D eigenvalue weighted by Crippen LogP contribution is -2.51. The van der Waals surface area contributed by atoms with E-state index in [1.807, 2.05) is 27.7 Å². The van der Waals surface area contributed by atoms with Gasteiger partial charge in [0.05, 0.1) is 13.2 Å². The van der Waals surface area contributed by atoms with E-state index in [0.717, 1.165) is 0 Å². The van der Waals surface area contributed by atoms with Crippen molar-refractivity contribution in [1.82, 2.24) is 5.32 Å². The van der Waals surface area contributed by atoms with Gasteiger partial charge in [0.2, 0.25) is 5.91 Å². The van der Waals surface area contributed by atoms with E-state index in [-0.39, 0.29) is 11.8 Å². The Morgan fingerprint density at radius 1 is 1.24 bits per heavy atom. The van der Waals surface area contributed by atoms with Crippen LogP contribution in [0.1, 0.15) is 34.1 Å². The molecule has 0 fully saturated rings. The molecule has 0 rings (SSSR count). The molecule has 0 aliphatic carbocycles. The SMILES string of the molecule is COC(=O)[C@H](NC(=O)[C@@H](N)CC(C)C)C(C)C. The molecular formula is C12H24N2O3. The van der Waals surface area contributed by atoms with E-state index in [1.165, 1.54) is 7.11 Å². The largest absolute Gasteiger partial charge is 0.467 e. The highest BCUT2D eigenvalue weighted by molar-refractivity contribution is 5.87. The second-order valence-electron chi connectivity index (χ2n) is 4.99. The number of carbonyl (C=O) groups is 2. The van der Waals surface area contributed by atoms with Crippen LogP contribution in [0.2, 0.25) is 0 Å². The Bertz CT molecular complexity index is 264. The number of hydrogen-bond acceptors (Lipinski definition) is 4. The zero-order valence-electron chi connectivity index (χ0n) is 11.3. The molecular weight excluding hydrogens is 220 g/mol. The molecule has 3 N–H and O–H groups in total. The molecule has 0 unspecified atom stereocenters. The molecule has 17 heavy (non-hydrogen) atoms. The van der Waals surface area contributed by atoms with Gasteiger partial charge in [0.1, 0.15) is 6.04 Å². The fourth-order valence-corrected chi connectivity index (χ4v) is 1.50. The zero-order valence-corrected chi connectivity index (χ0v) is 11.3. The predicted molar refractivity (Wildman–Crippen MR) is 66.2 cm³/mol. The smallest absolute Gasteiger partial charge is 0.328 e. The molecule has 0 saturated heterocycles. The van der Waals surface area contributed by atoms with E-state index in [2.05, 4.69) is 10.1 Å². The van der Waals surface area contributed by atoms with Crippen molar-refractivity contribution in [3.63, 3.8) is 0 Å². The molecule has 5 heteroatoms. The second kappa shape index (κ2) is 7.27. The first kappa shape index (κ1) is 15.9. The van der Waals surface area contributed by atoms with Gasteiger partial charge in [-0.05, 0) is 18.3 Å². The minimum absolute atomic E-state index is 0.0300. The average molecular weight is 244 g/mol. The van der Waals surface area contributed by atoms with Gasteiger partial charge in [-0.2, -0.15) is 0 Å². The van der Waals surface area contributed by atoms with Crippen LogP contribution in [0.3, 0.4) is 0 Å². The second-order valence-corrected chi connectivity index (χ2v) is 4.99. The van der Waals surface area contributed by atoms with E-state index in [0.29, 0.717) is 12.3 Å². The number of hydrogen-bond donors (Lipinski definition) is 2. The van der Waals surface area contributed by atoms with Crippen LogP contribution < -0.4 is 11.1 Å². The summed E-state index contributed by atoms with van der Waals surface area (Å²) in [6.45, 7) is 7.67. The third kappa shape index (κ3) is 5.68. The summed E-state index contributed by atoms with van der Waals surface area (Å²) in [7, 11) is 1.30. The molecule has 0 aromatic heterocycles. The van der Waals surface area contributed by atoms with Crippen LogP contribution in [0.5, 0.6) is 0 Å². The van der Waals surface area contributed by atoms with E-state index in [4.69, 9.17) is 5.73 Å². The number of esters is 1. The summed E-state index contributed by atoms with van der Waals surface area (Å²) in [6.07, 6.45) is 0.595. The number of amides is 1. The van der Waals surface area contributed by atoms with E-state index < -0.39 is 18.1 Å². The van der Waals surface area contributed by atoms with Crippen molar-refractivity contribution in [2.24, 2.45) is 17.6 Å². The monoisotopic (exact) mass is 244 g/mol. The number of nitrogens with one attached hydrogen (secondary N) is 1. The zero-order chi connectivity index (χ0) is 13.6. The Morgan fingerprint density at radius 2 is 1.76 bits per heavy atom. The van der Waals surface area contributed by atoms with Gasteiger partial charge in [0, 0.05) is 0 Å². The van der Waals surface area contributed by atoms with E-state index in [9.17, 15) is 9.59 Å². The van der Waals surface area contributed by atoms with Gasteiger partial charge < -0.3 is 15.8 Å². The Balaban J connectivity index is 4.45. The fraction of sp³-hybridized carbons (Fsp3) is 0.833. The van der Waals surface area contributed by atoms with Crippen molar-refractivity contribution < 1.29 is 14.3 Å². The summed E-state index contributed by atoms with van der Waals surface area (Å²) in [5.41, 5.74) is 5.74. The van der Waals surface area contributed by atoms with Crippen LogP contribution in [-0.2, 0) is 14.3 Å². The highest BCUT2D eigenvalue weighted by Crippen LogP contribution is 2.06. The van der Waals surface area contributed by atoms with Crippen LogP contribution in [0.15, 0.2) is 0 Å². The number of carbonyl (C=O) groups excluding carboxylic acids is 2. The lowest BCUT2D eigenvalue weighted by atomic mass is 10.0. The van der Waals surface area contributed by atoms with E-state index >= 15 is 0 Å². The van der Waals surface area contributed by atoms with Crippen LogP contribution >= 0.6 is 0 Å². The maximum absolute atomic E-state index is 11.8. The maximum Gasteiger partial charge on any atom is 0.328 e. The minimum atomic E-state index is -0.634. The quantitative estimate of drug-likeness (QED) is 0.673. The molecule has 1 amide bonds. The summed E-state index contributed by atoms with van der Waals surface area (Å²) in [5.74, 6) is -0.433. The van der Waals surface area contributed by atoms with Crippen LogP contribution in [0.4, 0.5) is 0 Å². The molecule has 0 aromatic carbocycles. The van der Waals surface area contributed by atoms with Crippen LogP contribution in [0.25, 0.3) is 0 Å². The predicted octanol–water partition coefficient (Wildman–Crippen LogP) is 0.674. The van der Waals surface area contributed by atoms with Crippen LogP contribution in [-0.4, -0.2) is 31.1 Å². The number of rotatable bonds is 6. The average Bonchev–Trinajstić information content (AvgIpc) is 2.22. The third-order valence-electron chi connectivity index (χ3n) is 2.48. The fourth-order valence-electron chi connectivity index (χ4n) is 1.50. The van der Waals surface area contributed by atoms with E-state index in [1.54, 1.807) is 0 Å². The van der Waals surface area contributed by atoms with Crippen molar-refractivity contribution in [3.8, 4) is 0 Å². The van der Waals surface area contributed by atoms with Crippen molar-refractivity contribution in [1.29, 1.82) is 0 Å². The Kier molecular flexibility index (Phi) is 6.80. The number of methoxy groups -OCH3 is 1. The molecule has 0 aliphatic rings.